The molecule has 46 heavy (non-hydrogen) atoms. The van der Waals surface area contributed by atoms with Crippen LogP contribution in [0.4, 0.5) is 0 Å². The van der Waals surface area contributed by atoms with Crippen LogP contribution in [0.25, 0.3) is 0 Å². The summed E-state index contributed by atoms with van der Waals surface area (Å²) in [6.45, 7) is 18.0. The highest BCUT2D eigenvalue weighted by Gasteiger charge is 2.67. The fraction of sp³-hybridized carbons (Fsp3) is 0.811. The predicted octanol–water partition coefficient (Wildman–Crippen LogP) is 5.90. The molecule has 9 heteroatoms. The van der Waals surface area contributed by atoms with Gasteiger partial charge in [-0.2, -0.15) is 0 Å². The van der Waals surface area contributed by atoms with E-state index in [2.05, 4.69) is 34.3 Å². The smallest absolute Gasteiger partial charge is 0.310 e. The molecule has 0 saturated heterocycles. The van der Waals surface area contributed by atoms with E-state index >= 15 is 0 Å². The van der Waals surface area contributed by atoms with Crippen molar-refractivity contribution in [2.24, 2.45) is 45.3 Å². The summed E-state index contributed by atoms with van der Waals surface area (Å²) in [7, 11) is 0. The van der Waals surface area contributed by atoms with Crippen molar-refractivity contribution in [3.05, 3.63) is 23.3 Å². The number of ether oxygens (including phenoxy) is 1. The number of carbonyl (C=O) groups excluding carboxylic acids is 1. The van der Waals surface area contributed by atoms with Crippen LogP contribution in [-0.4, -0.2) is 67.9 Å². The minimum absolute atomic E-state index is 0.00773. The largest absolute Gasteiger partial charge is 0.481 e. The number of esters is 1. The number of carbonyl (C=O) groups is 3. The average molecular weight is 647 g/mol. The molecule has 0 aromatic carbocycles. The molecule has 4 aliphatic carbocycles. The van der Waals surface area contributed by atoms with E-state index in [4.69, 9.17) is 9.84 Å². The van der Waals surface area contributed by atoms with Crippen LogP contribution >= 0.6 is 0 Å². The number of carboxylic acid groups (broad SMARTS) is 2. The second-order valence-electron chi connectivity index (χ2n) is 16.6. The van der Waals surface area contributed by atoms with Crippen LogP contribution in [0.15, 0.2) is 23.3 Å². The molecule has 0 spiro atoms. The number of aliphatic hydroxyl groups excluding tert-OH is 2. The highest BCUT2D eigenvalue weighted by molar-refractivity contribution is 5.74. The van der Waals surface area contributed by atoms with Gasteiger partial charge in [0.05, 0.1) is 37.1 Å². The summed E-state index contributed by atoms with van der Waals surface area (Å²) >= 11 is 0. The third-order valence-electron chi connectivity index (χ3n) is 13.9. The van der Waals surface area contributed by atoms with E-state index < -0.39 is 59.9 Å². The second kappa shape index (κ2) is 12.7. The first-order valence-corrected chi connectivity index (χ1v) is 17.2. The summed E-state index contributed by atoms with van der Waals surface area (Å²) < 4.78 is 5.92. The topological polar surface area (TPSA) is 162 Å². The molecule has 4 rings (SSSR count). The zero-order chi connectivity index (χ0) is 34.6. The van der Waals surface area contributed by atoms with Crippen molar-refractivity contribution in [1.82, 2.24) is 0 Å². The number of fused-ring (bicyclic) bond motifs is 4. The molecule has 260 valence electrons. The molecule has 11 atom stereocenters. The maximum atomic E-state index is 12.9. The molecule has 0 aromatic heterocycles. The SMILES string of the molecule is C=C(CC[C@@H](C)[C@H]1CC[C@@]2(C)C3=C(C[C@H](O)[C@]12C)[C@@]1(C)CC[C@@H](OC(=O)CC(C)(O)CC(=O)O)[C@](C)(CO)[C@@H]1CC3)[C@H](C)C(=O)O. The Hall–Kier alpha value is -2.23. The van der Waals surface area contributed by atoms with Crippen LogP contribution in [0.1, 0.15) is 119 Å². The third-order valence-corrected chi connectivity index (χ3v) is 13.9. The number of carboxylic acids is 2. The van der Waals surface area contributed by atoms with Crippen molar-refractivity contribution >= 4 is 17.9 Å². The Morgan fingerprint density at radius 2 is 1.67 bits per heavy atom. The molecule has 4 aliphatic rings. The Morgan fingerprint density at radius 3 is 2.26 bits per heavy atom. The number of aliphatic carboxylic acids is 2. The van der Waals surface area contributed by atoms with Gasteiger partial charge in [-0.3, -0.25) is 14.4 Å². The maximum absolute atomic E-state index is 12.9. The fourth-order valence-electron chi connectivity index (χ4n) is 10.8. The molecular formula is C37H58O9. The predicted molar refractivity (Wildman–Crippen MR) is 174 cm³/mol. The van der Waals surface area contributed by atoms with Crippen molar-refractivity contribution in [3.8, 4) is 0 Å². The summed E-state index contributed by atoms with van der Waals surface area (Å²) in [6.07, 6.45) is 4.86. The molecule has 9 nitrogen and oxygen atoms in total. The van der Waals surface area contributed by atoms with Crippen molar-refractivity contribution in [2.45, 2.75) is 137 Å². The number of allylic oxidation sites excluding steroid dienone is 1. The molecule has 1 unspecified atom stereocenters. The molecule has 0 heterocycles. The first-order chi connectivity index (χ1) is 21.2. The van der Waals surface area contributed by atoms with Crippen LogP contribution in [-0.2, 0) is 19.1 Å². The Kier molecular flexibility index (Phi) is 10.1. The number of hydrogen-bond donors (Lipinski definition) is 5. The Bertz CT molecular complexity index is 1270. The number of aliphatic hydroxyl groups is 3. The normalized spacial score (nSPS) is 39.7. The lowest BCUT2D eigenvalue weighted by Gasteiger charge is -2.63. The van der Waals surface area contributed by atoms with Gasteiger partial charge in [-0.15, -0.1) is 0 Å². The summed E-state index contributed by atoms with van der Waals surface area (Å²) in [6, 6.07) is 0. The average Bonchev–Trinajstić information content (AvgIpc) is 3.24. The van der Waals surface area contributed by atoms with Crippen LogP contribution in [0.2, 0.25) is 0 Å². The zero-order valence-corrected chi connectivity index (χ0v) is 29.0. The molecule has 2 fully saturated rings. The van der Waals surface area contributed by atoms with Gasteiger partial charge in [0.2, 0.25) is 0 Å². The van der Waals surface area contributed by atoms with Gasteiger partial charge in [-0.1, -0.05) is 57.9 Å². The minimum atomic E-state index is -1.73. The van der Waals surface area contributed by atoms with Gasteiger partial charge in [0.15, 0.2) is 0 Å². The molecule has 0 aliphatic heterocycles. The lowest BCUT2D eigenvalue weighted by molar-refractivity contribution is -0.183. The lowest BCUT2D eigenvalue weighted by atomic mass is 9.42. The van der Waals surface area contributed by atoms with Crippen LogP contribution < -0.4 is 0 Å². The number of hydrogen-bond acceptors (Lipinski definition) is 7. The van der Waals surface area contributed by atoms with E-state index in [9.17, 15) is 34.8 Å². The van der Waals surface area contributed by atoms with Gasteiger partial charge in [0.1, 0.15) is 6.10 Å². The first-order valence-electron chi connectivity index (χ1n) is 17.2. The fourth-order valence-corrected chi connectivity index (χ4v) is 10.8. The van der Waals surface area contributed by atoms with E-state index in [1.165, 1.54) is 18.1 Å². The molecule has 0 aromatic rings. The lowest BCUT2D eigenvalue weighted by Crippen LogP contribution is -2.60. The summed E-state index contributed by atoms with van der Waals surface area (Å²) in [4.78, 5) is 35.5. The highest BCUT2D eigenvalue weighted by Crippen LogP contribution is 2.72. The Morgan fingerprint density at radius 1 is 1.02 bits per heavy atom. The van der Waals surface area contributed by atoms with Gasteiger partial charge >= 0.3 is 17.9 Å². The van der Waals surface area contributed by atoms with Gasteiger partial charge < -0.3 is 30.3 Å². The van der Waals surface area contributed by atoms with E-state index in [1.54, 1.807) is 6.92 Å². The van der Waals surface area contributed by atoms with Gasteiger partial charge in [-0.25, -0.2) is 0 Å². The maximum Gasteiger partial charge on any atom is 0.310 e. The van der Waals surface area contributed by atoms with E-state index in [-0.39, 0.29) is 34.7 Å². The molecule has 5 N–H and O–H groups in total. The van der Waals surface area contributed by atoms with Crippen molar-refractivity contribution in [1.29, 1.82) is 0 Å². The van der Waals surface area contributed by atoms with Gasteiger partial charge in [0, 0.05) is 10.8 Å². The Labute approximate surface area is 274 Å². The molecule has 2 saturated carbocycles. The van der Waals surface area contributed by atoms with Crippen molar-refractivity contribution < 1.29 is 44.7 Å². The molecule has 0 bridgehead atoms. The molecular weight excluding hydrogens is 588 g/mol. The zero-order valence-electron chi connectivity index (χ0n) is 29.0. The van der Waals surface area contributed by atoms with Crippen LogP contribution in [0.5, 0.6) is 0 Å². The summed E-state index contributed by atoms with van der Waals surface area (Å²) in [5, 5.41) is 51.9. The van der Waals surface area contributed by atoms with Crippen molar-refractivity contribution in [3.63, 3.8) is 0 Å². The monoisotopic (exact) mass is 646 g/mol. The van der Waals surface area contributed by atoms with Gasteiger partial charge in [-0.05, 0) is 100 Å². The van der Waals surface area contributed by atoms with Crippen molar-refractivity contribution in [2.75, 3.05) is 6.61 Å². The molecule has 0 amide bonds. The standard InChI is InChI=1S/C37H58O9/c1-21(23(3)32(43)44)9-10-22(2)24-13-16-36(7)25-11-12-27-34(5,26(25)17-28(39)37(24,36)8)15-14-29(35(27,6)20-38)46-31(42)19-33(4,45)18-30(40)41/h22-24,27-29,38-39,45H,1,9-20H2,2-8H3,(H,40,41)(H,43,44)/t22-,23+,24-,27-,28+,29-,33?,34-,35-,36+,37+/m1/s1. The van der Waals surface area contributed by atoms with E-state index in [0.29, 0.717) is 25.2 Å². The van der Waals surface area contributed by atoms with Crippen LogP contribution in [0, 0.1) is 45.3 Å². The first kappa shape index (κ1) is 36.6. The Balaban J connectivity index is 1.58. The minimum Gasteiger partial charge on any atom is -0.481 e. The van der Waals surface area contributed by atoms with Crippen LogP contribution in [0.3, 0.4) is 0 Å². The summed E-state index contributed by atoms with van der Waals surface area (Å²) in [5.74, 6) is -2.69. The number of rotatable bonds is 12. The molecule has 0 radical (unpaired) electrons. The highest BCUT2D eigenvalue weighted by atomic mass is 16.5. The second-order valence-corrected chi connectivity index (χ2v) is 16.6. The van der Waals surface area contributed by atoms with Gasteiger partial charge in [0.25, 0.3) is 0 Å². The summed E-state index contributed by atoms with van der Waals surface area (Å²) in [5.41, 5.74) is 0.233. The van der Waals surface area contributed by atoms with E-state index in [1.807, 2.05) is 6.92 Å². The van der Waals surface area contributed by atoms with E-state index in [0.717, 1.165) is 44.1 Å². The third kappa shape index (κ3) is 5.98. The quantitative estimate of drug-likeness (QED) is 0.128.